The Labute approximate surface area is 98.1 Å². The van der Waals surface area contributed by atoms with E-state index in [1.54, 1.807) is 18.2 Å². The fraction of sp³-hybridized carbons (Fsp3) is 0.182. The minimum Gasteiger partial charge on any atom is -0.478 e. The third kappa shape index (κ3) is 3.56. The molecular formula is C11H11ClO4. The van der Waals surface area contributed by atoms with Crippen molar-refractivity contribution in [3.05, 3.63) is 34.9 Å². The summed E-state index contributed by atoms with van der Waals surface area (Å²) < 4.78 is 10.0. The molecule has 1 aromatic carbocycles. The van der Waals surface area contributed by atoms with Gasteiger partial charge in [0.15, 0.2) is 6.79 Å². The normalized spacial score (nSPS) is 10.6. The summed E-state index contributed by atoms with van der Waals surface area (Å²) in [5.74, 6) is -0.624. The van der Waals surface area contributed by atoms with Gasteiger partial charge >= 0.3 is 5.97 Å². The van der Waals surface area contributed by atoms with E-state index in [-0.39, 0.29) is 6.79 Å². The molecule has 0 saturated heterocycles. The Hall–Kier alpha value is -1.52. The van der Waals surface area contributed by atoms with Crippen LogP contribution in [0.3, 0.4) is 0 Å². The SMILES string of the molecule is COCOc1c(Cl)cccc1/C=C/C(=O)O. The lowest BCUT2D eigenvalue weighted by Crippen LogP contribution is -2.01. The van der Waals surface area contributed by atoms with E-state index in [1.165, 1.54) is 13.2 Å². The first-order chi connectivity index (χ1) is 7.65. The van der Waals surface area contributed by atoms with Crippen LogP contribution in [0.2, 0.25) is 5.02 Å². The lowest BCUT2D eigenvalue weighted by molar-refractivity contribution is -0.131. The summed E-state index contributed by atoms with van der Waals surface area (Å²) in [7, 11) is 1.49. The Bertz CT molecular complexity index is 401. The number of rotatable bonds is 5. The minimum atomic E-state index is -1.03. The van der Waals surface area contributed by atoms with Crippen molar-refractivity contribution in [2.75, 3.05) is 13.9 Å². The molecule has 0 aliphatic carbocycles. The molecule has 0 unspecified atom stereocenters. The van der Waals surface area contributed by atoms with Crippen LogP contribution in [0.5, 0.6) is 5.75 Å². The molecule has 1 rings (SSSR count). The van der Waals surface area contributed by atoms with Crippen LogP contribution in [-0.2, 0) is 9.53 Å². The zero-order valence-corrected chi connectivity index (χ0v) is 9.40. The van der Waals surface area contributed by atoms with Crippen LogP contribution in [0.4, 0.5) is 0 Å². The second-order valence-electron chi connectivity index (χ2n) is 2.88. The summed E-state index contributed by atoms with van der Waals surface area (Å²) in [5.41, 5.74) is 0.590. The van der Waals surface area contributed by atoms with E-state index < -0.39 is 5.97 Å². The number of methoxy groups -OCH3 is 1. The molecule has 5 heteroatoms. The zero-order chi connectivity index (χ0) is 12.0. The fourth-order valence-electron chi connectivity index (χ4n) is 1.09. The Morgan fingerprint density at radius 1 is 1.56 bits per heavy atom. The van der Waals surface area contributed by atoms with Gasteiger partial charge in [0.05, 0.1) is 5.02 Å². The Kier molecular flexibility index (Phi) is 4.82. The first kappa shape index (κ1) is 12.5. The predicted octanol–water partition coefficient (Wildman–Crippen LogP) is 2.42. The van der Waals surface area contributed by atoms with Crippen molar-refractivity contribution in [2.45, 2.75) is 0 Å². The molecule has 16 heavy (non-hydrogen) atoms. The van der Waals surface area contributed by atoms with Gasteiger partial charge in [-0.15, -0.1) is 0 Å². The van der Waals surface area contributed by atoms with Gasteiger partial charge in [-0.1, -0.05) is 23.7 Å². The molecule has 1 N–H and O–H groups in total. The van der Waals surface area contributed by atoms with Gasteiger partial charge in [0.2, 0.25) is 0 Å². The third-order valence-electron chi connectivity index (χ3n) is 1.72. The smallest absolute Gasteiger partial charge is 0.328 e. The first-order valence-corrected chi connectivity index (χ1v) is 4.84. The van der Waals surface area contributed by atoms with Crippen molar-refractivity contribution in [1.29, 1.82) is 0 Å². The quantitative estimate of drug-likeness (QED) is 0.636. The number of ether oxygens (including phenoxy) is 2. The Morgan fingerprint density at radius 2 is 2.31 bits per heavy atom. The van der Waals surface area contributed by atoms with Gasteiger partial charge in [-0.05, 0) is 12.1 Å². The molecule has 0 fully saturated rings. The number of carboxylic acids is 1. The number of halogens is 1. The molecule has 1 aromatic rings. The topological polar surface area (TPSA) is 55.8 Å². The van der Waals surface area contributed by atoms with Crippen molar-refractivity contribution >= 4 is 23.6 Å². The maximum atomic E-state index is 10.4. The number of hydrogen-bond donors (Lipinski definition) is 1. The van der Waals surface area contributed by atoms with Crippen molar-refractivity contribution in [1.82, 2.24) is 0 Å². The molecule has 0 bridgehead atoms. The molecule has 0 amide bonds. The molecular weight excluding hydrogens is 232 g/mol. The summed E-state index contributed by atoms with van der Waals surface area (Å²) in [4.78, 5) is 10.4. The summed E-state index contributed by atoms with van der Waals surface area (Å²) in [6.45, 7) is 0.0532. The van der Waals surface area contributed by atoms with Gasteiger partial charge < -0.3 is 14.6 Å². The van der Waals surface area contributed by atoms with Crippen molar-refractivity contribution in [3.8, 4) is 5.75 Å². The van der Waals surface area contributed by atoms with Gasteiger partial charge in [-0.25, -0.2) is 4.79 Å². The van der Waals surface area contributed by atoms with Crippen LogP contribution < -0.4 is 4.74 Å². The molecule has 0 aliphatic heterocycles. The summed E-state index contributed by atoms with van der Waals surface area (Å²) in [6, 6.07) is 5.07. The highest BCUT2D eigenvalue weighted by atomic mass is 35.5. The number of hydrogen-bond acceptors (Lipinski definition) is 3. The van der Waals surface area contributed by atoms with Gasteiger partial charge in [0.1, 0.15) is 5.75 Å². The lowest BCUT2D eigenvalue weighted by atomic mass is 10.2. The molecule has 0 spiro atoms. The lowest BCUT2D eigenvalue weighted by Gasteiger charge is -2.09. The highest BCUT2D eigenvalue weighted by molar-refractivity contribution is 6.32. The molecule has 0 saturated carbocycles. The van der Waals surface area contributed by atoms with Crippen LogP contribution >= 0.6 is 11.6 Å². The molecule has 0 atom stereocenters. The molecule has 0 aliphatic rings. The van der Waals surface area contributed by atoms with Crippen molar-refractivity contribution < 1.29 is 19.4 Å². The van der Waals surface area contributed by atoms with Crippen molar-refractivity contribution in [3.63, 3.8) is 0 Å². The first-order valence-electron chi connectivity index (χ1n) is 4.46. The third-order valence-corrected chi connectivity index (χ3v) is 2.02. The molecule has 0 radical (unpaired) electrons. The molecule has 4 nitrogen and oxygen atoms in total. The maximum Gasteiger partial charge on any atom is 0.328 e. The van der Waals surface area contributed by atoms with E-state index in [4.69, 9.17) is 26.2 Å². The van der Waals surface area contributed by atoms with Crippen LogP contribution in [-0.4, -0.2) is 25.0 Å². The van der Waals surface area contributed by atoms with Crippen LogP contribution in [0.1, 0.15) is 5.56 Å². The van der Waals surface area contributed by atoms with Gasteiger partial charge in [0, 0.05) is 18.7 Å². The molecule has 86 valence electrons. The van der Waals surface area contributed by atoms with E-state index in [0.29, 0.717) is 16.3 Å². The largest absolute Gasteiger partial charge is 0.478 e. The summed E-state index contributed by atoms with van der Waals surface area (Å²) >= 11 is 5.92. The van der Waals surface area contributed by atoms with Gasteiger partial charge in [0.25, 0.3) is 0 Å². The zero-order valence-electron chi connectivity index (χ0n) is 8.64. The van der Waals surface area contributed by atoms with Gasteiger partial charge in [-0.3, -0.25) is 0 Å². The van der Waals surface area contributed by atoms with E-state index in [9.17, 15) is 4.79 Å². The maximum absolute atomic E-state index is 10.4. The summed E-state index contributed by atoms with van der Waals surface area (Å²) in [5, 5.41) is 8.93. The van der Waals surface area contributed by atoms with Gasteiger partial charge in [-0.2, -0.15) is 0 Å². The Morgan fingerprint density at radius 3 is 2.94 bits per heavy atom. The summed E-state index contributed by atoms with van der Waals surface area (Å²) in [6.07, 6.45) is 2.44. The monoisotopic (exact) mass is 242 g/mol. The second kappa shape index (κ2) is 6.15. The van der Waals surface area contributed by atoms with Crippen molar-refractivity contribution in [2.24, 2.45) is 0 Å². The van der Waals surface area contributed by atoms with E-state index >= 15 is 0 Å². The molecule has 0 heterocycles. The van der Waals surface area contributed by atoms with E-state index in [2.05, 4.69) is 0 Å². The van der Waals surface area contributed by atoms with Crippen LogP contribution in [0.25, 0.3) is 6.08 Å². The second-order valence-corrected chi connectivity index (χ2v) is 3.29. The highest BCUT2D eigenvalue weighted by Crippen LogP contribution is 2.29. The number of carbonyl (C=O) groups is 1. The standard InChI is InChI=1S/C11H11ClO4/c1-15-7-16-11-8(5-6-10(13)14)3-2-4-9(11)12/h2-6H,7H2,1H3,(H,13,14)/b6-5+. The minimum absolute atomic E-state index is 0.0532. The number of aliphatic carboxylic acids is 1. The fourth-order valence-corrected chi connectivity index (χ4v) is 1.32. The van der Waals surface area contributed by atoms with Crippen LogP contribution in [0.15, 0.2) is 24.3 Å². The Balaban J connectivity index is 2.97. The van der Waals surface area contributed by atoms with E-state index in [1.807, 2.05) is 0 Å². The molecule has 0 aromatic heterocycles. The number of para-hydroxylation sites is 1. The number of benzene rings is 1. The van der Waals surface area contributed by atoms with E-state index in [0.717, 1.165) is 6.08 Å². The average Bonchev–Trinajstić information content (AvgIpc) is 2.25. The predicted molar refractivity (Wildman–Crippen MR) is 60.6 cm³/mol. The average molecular weight is 243 g/mol. The number of carboxylic acid groups (broad SMARTS) is 1. The van der Waals surface area contributed by atoms with Crippen LogP contribution in [0, 0.1) is 0 Å². The highest BCUT2D eigenvalue weighted by Gasteiger charge is 2.06.